The average Bonchev–Trinajstić information content (AvgIpc) is 2.85. The van der Waals surface area contributed by atoms with Gasteiger partial charge in [-0.05, 0) is 42.0 Å². The molecule has 1 unspecified atom stereocenters. The van der Waals surface area contributed by atoms with Gasteiger partial charge in [0, 0.05) is 26.2 Å². The van der Waals surface area contributed by atoms with Crippen molar-refractivity contribution in [3.8, 4) is 0 Å². The second kappa shape index (κ2) is 6.54. The summed E-state index contributed by atoms with van der Waals surface area (Å²) >= 11 is 3.30. The molecule has 2 rings (SSSR count). The number of carbonyl (C=O) groups is 1. The van der Waals surface area contributed by atoms with E-state index >= 15 is 0 Å². The first-order valence-electron chi connectivity index (χ1n) is 6.52. The molecule has 1 fully saturated rings. The van der Waals surface area contributed by atoms with Crippen molar-refractivity contribution in [1.82, 2.24) is 15.1 Å². The quantitative estimate of drug-likeness (QED) is 0.908. The smallest absolute Gasteiger partial charge is 0.236 e. The van der Waals surface area contributed by atoms with Crippen LogP contribution in [0.1, 0.15) is 18.7 Å². The Balaban J connectivity index is 1.89. The Morgan fingerprint density at radius 2 is 2.21 bits per heavy atom. The van der Waals surface area contributed by atoms with Crippen molar-refractivity contribution >= 4 is 21.8 Å². The van der Waals surface area contributed by atoms with Gasteiger partial charge in [-0.1, -0.05) is 0 Å². The minimum absolute atomic E-state index is 0.0816. The van der Waals surface area contributed by atoms with Crippen molar-refractivity contribution in [2.45, 2.75) is 13.0 Å². The van der Waals surface area contributed by atoms with Crippen molar-refractivity contribution in [2.24, 2.45) is 0 Å². The zero-order valence-electron chi connectivity index (χ0n) is 11.4. The molecule has 2 heterocycles. The lowest BCUT2D eigenvalue weighted by molar-refractivity contribution is -0.133. The Morgan fingerprint density at radius 1 is 1.53 bits per heavy atom. The molecule has 1 amide bonds. The van der Waals surface area contributed by atoms with E-state index in [9.17, 15) is 4.79 Å². The van der Waals surface area contributed by atoms with Gasteiger partial charge in [0.2, 0.25) is 5.91 Å². The fourth-order valence-electron chi connectivity index (χ4n) is 2.13. The molecule has 1 N–H and O–H groups in total. The Kier molecular flexibility index (Phi) is 5.01. The molecule has 1 aromatic heterocycles. The van der Waals surface area contributed by atoms with Crippen molar-refractivity contribution < 1.29 is 9.21 Å². The molecule has 19 heavy (non-hydrogen) atoms. The highest BCUT2D eigenvalue weighted by atomic mass is 79.9. The summed E-state index contributed by atoms with van der Waals surface area (Å²) in [5.74, 6) is 1.05. The van der Waals surface area contributed by atoms with Gasteiger partial charge in [-0.3, -0.25) is 9.69 Å². The van der Waals surface area contributed by atoms with E-state index in [2.05, 4.69) is 21.2 Å². The van der Waals surface area contributed by atoms with E-state index in [1.165, 1.54) is 0 Å². The lowest BCUT2D eigenvalue weighted by atomic mass is 10.2. The van der Waals surface area contributed by atoms with Crippen LogP contribution in [-0.2, 0) is 4.79 Å². The standard InChI is InChI=1S/C13H20BrN3O2/c1-10(11-3-4-12(14)19-11)16(2)9-13(18)17-7-5-15-6-8-17/h3-4,10,15H,5-9H2,1-2H3. The van der Waals surface area contributed by atoms with Gasteiger partial charge in [0.15, 0.2) is 4.67 Å². The molecule has 5 nitrogen and oxygen atoms in total. The van der Waals surface area contributed by atoms with Crippen LogP contribution in [0.25, 0.3) is 0 Å². The number of nitrogens with zero attached hydrogens (tertiary/aromatic N) is 2. The SMILES string of the molecule is CC(c1ccc(Br)o1)N(C)CC(=O)N1CCNCC1. The van der Waals surface area contributed by atoms with Gasteiger partial charge in [-0.25, -0.2) is 0 Å². The largest absolute Gasteiger partial charge is 0.453 e. The predicted molar refractivity (Wildman–Crippen MR) is 76.9 cm³/mol. The van der Waals surface area contributed by atoms with Gasteiger partial charge < -0.3 is 14.6 Å². The third-order valence-corrected chi connectivity index (χ3v) is 3.95. The van der Waals surface area contributed by atoms with Crippen LogP contribution in [-0.4, -0.2) is 55.5 Å². The highest BCUT2D eigenvalue weighted by Gasteiger charge is 2.21. The first-order valence-corrected chi connectivity index (χ1v) is 7.31. The summed E-state index contributed by atoms with van der Waals surface area (Å²) < 4.78 is 6.25. The average molecular weight is 330 g/mol. The third-order valence-electron chi connectivity index (χ3n) is 3.52. The number of amides is 1. The summed E-state index contributed by atoms with van der Waals surface area (Å²) in [6.45, 7) is 5.82. The number of piperazine rings is 1. The number of furan rings is 1. The van der Waals surface area contributed by atoms with Gasteiger partial charge in [-0.2, -0.15) is 0 Å². The number of halogens is 1. The van der Waals surface area contributed by atoms with Crippen LogP contribution < -0.4 is 5.32 Å². The molecule has 0 radical (unpaired) electrons. The molecule has 0 spiro atoms. The lowest BCUT2D eigenvalue weighted by Crippen LogP contribution is -2.49. The van der Waals surface area contributed by atoms with Gasteiger partial charge in [-0.15, -0.1) is 0 Å². The molecule has 1 atom stereocenters. The first kappa shape index (κ1) is 14.6. The Bertz CT molecular complexity index is 429. The second-order valence-electron chi connectivity index (χ2n) is 4.86. The molecule has 0 aliphatic carbocycles. The summed E-state index contributed by atoms with van der Waals surface area (Å²) in [6.07, 6.45) is 0. The van der Waals surface area contributed by atoms with Crippen molar-refractivity contribution in [3.05, 3.63) is 22.6 Å². The zero-order valence-corrected chi connectivity index (χ0v) is 12.9. The van der Waals surface area contributed by atoms with Gasteiger partial charge >= 0.3 is 0 Å². The third kappa shape index (κ3) is 3.81. The predicted octanol–water partition coefficient (Wildman–Crippen LogP) is 1.47. The number of nitrogens with one attached hydrogen (secondary N) is 1. The zero-order chi connectivity index (χ0) is 13.8. The van der Waals surface area contributed by atoms with Crippen molar-refractivity contribution in [1.29, 1.82) is 0 Å². The van der Waals surface area contributed by atoms with E-state index in [0.29, 0.717) is 6.54 Å². The van der Waals surface area contributed by atoms with Crippen LogP contribution in [0, 0.1) is 0 Å². The molecule has 106 valence electrons. The van der Waals surface area contributed by atoms with Crippen LogP contribution in [0.5, 0.6) is 0 Å². The van der Waals surface area contributed by atoms with E-state index in [-0.39, 0.29) is 11.9 Å². The van der Waals surface area contributed by atoms with Gasteiger partial charge in [0.25, 0.3) is 0 Å². The second-order valence-corrected chi connectivity index (χ2v) is 5.65. The normalized spacial score (nSPS) is 17.8. The molecule has 1 saturated heterocycles. The molecule has 0 aromatic carbocycles. The Hall–Kier alpha value is -0.850. The summed E-state index contributed by atoms with van der Waals surface area (Å²) in [6, 6.07) is 3.89. The van der Waals surface area contributed by atoms with Gasteiger partial charge in [0.05, 0.1) is 12.6 Å². The van der Waals surface area contributed by atoms with Crippen molar-refractivity contribution in [3.63, 3.8) is 0 Å². The van der Waals surface area contributed by atoms with E-state index in [0.717, 1.165) is 36.6 Å². The highest BCUT2D eigenvalue weighted by molar-refractivity contribution is 9.10. The maximum Gasteiger partial charge on any atom is 0.236 e. The number of carbonyl (C=O) groups excluding carboxylic acids is 1. The van der Waals surface area contributed by atoms with Crippen LogP contribution in [0.3, 0.4) is 0 Å². The molecule has 6 heteroatoms. The fraction of sp³-hybridized carbons (Fsp3) is 0.615. The van der Waals surface area contributed by atoms with Gasteiger partial charge in [0.1, 0.15) is 5.76 Å². The first-order chi connectivity index (χ1) is 9.08. The lowest BCUT2D eigenvalue weighted by Gasteiger charge is -2.30. The number of hydrogen-bond donors (Lipinski definition) is 1. The molecular weight excluding hydrogens is 310 g/mol. The topological polar surface area (TPSA) is 48.7 Å². The molecule has 1 aliphatic heterocycles. The van der Waals surface area contributed by atoms with E-state index in [4.69, 9.17) is 4.42 Å². The van der Waals surface area contributed by atoms with Crippen LogP contribution >= 0.6 is 15.9 Å². The number of hydrogen-bond acceptors (Lipinski definition) is 4. The summed E-state index contributed by atoms with van der Waals surface area (Å²) in [7, 11) is 1.95. The number of rotatable bonds is 4. The van der Waals surface area contributed by atoms with E-state index in [1.807, 2.05) is 35.9 Å². The molecular formula is C13H20BrN3O2. The summed E-state index contributed by atoms with van der Waals surface area (Å²) in [5.41, 5.74) is 0. The monoisotopic (exact) mass is 329 g/mol. The van der Waals surface area contributed by atoms with Crippen LogP contribution in [0.15, 0.2) is 21.2 Å². The molecule has 1 aliphatic rings. The molecule has 0 saturated carbocycles. The maximum atomic E-state index is 12.2. The highest BCUT2D eigenvalue weighted by Crippen LogP contribution is 2.23. The van der Waals surface area contributed by atoms with E-state index < -0.39 is 0 Å². The fourth-order valence-corrected chi connectivity index (χ4v) is 2.45. The molecule has 1 aromatic rings. The Labute approximate surface area is 122 Å². The minimum Gasteiger partial charge on any atom is -0.453 e. The van der Waals surface area contributed by atoms with Crippen LogP contribution in [0.4, 0.5) is 0 Å². The molecule has 0 bridgehead atoms. The Morgan fingerprint density at radius 3 is 2.79 bits per heavy atom. The maximum absolute atomic E-state index is 12.2. The van der Waals surface area contributed by atoms with Crippen molar-refractivity contribution in [2.75, 3.05) is 39.8 Å². The summed E-state index contributed by atoms with van der Waals surface area (Å²) in [4.78, 5) is 16.1. The van der Waals surface area contributed by atoms with Crippen LogP contribution in [0.2, 0.25) is 0 Å². The summed E-state index contributed by atoms with van der Waals surface area (Å²) in [5, 5.41) is 3.25. The minimum atomic E-state index is 0.0816. The number of likely N-dealkylation sites (N-methyl/N-ethyl adjacent to an activating group) is 1. The van der Waals surface area contributed by atoms with E-state index in [1.54, 1.807) is 0 Å².